The van der Waals surface area contributed by atoms with Gasteiger partial charge in [0.2, 0.25) is 10.0 Å². The summed E-state index contributed by atoms with van der Waals surface area (Å²) in [5.41, 5.74) is 1.07. The van der Waals surface area contributed by atoms with Gasteiger partial charge in [-0.05, 0) is 56.9 Å². The number of rotatable bonds is 6. The van der Waals surface area contributed by atoms with Crippen LogP contribution in [-0.4, -0.2) is 50.3 Å². The third kappa shape index (κ3) is 4.65. The van der Waals surface area contributed by atoms with Gasteiger partial charge in [0, 0.05) is 37.1 Å². The topological polar surface area (TPSA) is 118 Å². The molecule has 2 fully saturated rings. The van der Waals surface area contributed by atoms with Gasteiger partial charge in [-0.1, -0.05) is 0 Å². The summed E-state index contributed by atoms with van der Waals surface area (Å²) in [6, 6.07) is 7.88. The highest BCUT2D eigenvalue weighted by molar-refractivity contribution is 7.89. The molecular weight excluding hydrogens is 422 g/mol. The quantitative estimate of drug-likeness (QED) is 0.703. The molecule has 10 heteroatoms. The van der Waals surface area contributed by atoms with Gasteiger partial charge in [-0.2, -0.15) is 4.31 Å². The molecule has 9 nitrogen and oxygen atoms in total. The fourth-order valence-electron chi connectivity index (χ4n) is 3.74. The molecule has 31 heavy (non-hydrogen) atoms. The normalized spacial score (nSPS) is 19.5. The number of ether oxygens (including phenoxy) is 1. The first-order chi connectivity index (χ1) is 14.8. The number of carbonyl (C=O) groups excluding carboxylic acids is 2. The first-order valence-corrected chi connectivity index (χ1v) is 11.7. The van der Waals surface area contributed by atoms with Crippen LogP contribution in [0, 0.1) is 6.92 Å². The number of anilines is 2. The van der Waals surface area contributed by atoms with Gasteiger partial charge < -0.3 is 19.8 Å². The number of nitrogens with one attached hydrogen (secondary N) is 2. The van der Waals surface area contributed by atoms with Crippen molar-refractivity contribution in [3.63, 3.8) is 0 Å². The van der Waals surface area contributed by atoms with E-state index in [0.717, 1.165) is 19.3 Å². The van der Waals surface area contributed by atoms with Crippen molar-refractivity contribution in [2.24, 2.45) is 0 Å². The van der Waals surface area contributed by atoms with Crippen molar-refractivity contribution in [3.8, 4) is 0 Å². The molecule has 1 aromatic carbocycles. The Labute approximate surface area is 180 Å². The zero-order valence-corrected chi connectivity index (χ0v) is 18.0. The molecule has 0 saturated carbocycles. The molecule has 4 rings (SSSR count). The average molecular weight is 448 g/mol. The Balaban J connectivity index is 1.41. The lowest BCUT2D eigenvalue weighted by atomic mass is 10.2. The number of furan rings is 1. The van der Waals surface area contributed by atoms with Crippen molar-refractivity contribution in [2.45, 2.75) is 43.6 Å². The van der Waals surface area contributed by atoms with Gasteiger partial charge in [-0.3, -0.25) is 9.59 Å². The fraction of sp³-hybridized carbons (Fsp3) is 0.429. The van der Waals surface area contributed by atoms with Gasteiger partial charge in [0.05, 0.1) is 0 Å². The fourth-order valence-corrected chi connectivity index (χ4v) is 5.42. The number of hydrogen-bond donors (Lipinski definition) is 2. The zero-order chi connectivity index (χ0) is 22.0. The molecule has 1 aromatic heterocycles. The Morgan fingerprint density at radius 3 is 2.29 bits per heavy atom. The zero-order valence-electron chi connectivity index (χ0n) is 17.2. The highest BCUT2D eigenvalue weighted by Crippen LogP contribution is 2.27. The van der Waals surface area contributed by atoms with Gasteiger partial charge >= 0.3 is 0 Å². The molecule has 0 bridgehead atoms. The maximum Gasteiger partial charge on any atom is 0.291 e. The third-order valence-electron chi connectivity index (χ3n) is 5.41. The van der Waals surface area contributed by atoms with E-state index in [1.54, 1.807) is 24.3 Å². The van der Waals surface area contributed by atoms with Gasteiger partial charge in [0.15, 0.2) is 5.76 Å². The maximum absolute atomic E-state index is 12.8. The lowest BCUT2D eigenvalue weighted by Gasteiger charge is -2.14. The van der Waals surface area contributed by atoms with E-state index in [0.29, 0.717) is 37.5 Å². The minimum absolute atomic E-state index is 0.0201. The SMILES string of the molecule is Cc1oc(C(=O)Nc2ccc(NC(=O)[C@@H]3CCCO3)cc2)cc1S(=O)(=O)N1CCCC1. The van der Waals surface area contributed by atoms with E-state index < -0.39 is 22.0 Å². The van der Waals surface area contributed by atoms with Crippen LogP contribution in [0.2, 0.25) is 0 Å². The summed E-state index contributed by atoms with van der Waals surface area (Å²) in [4.78, 5) is 24.7. The number of hydrogen-bond acceptors (Lipinski definition) is 6. The maximum atomic E-state index is 12.8. The Bertz CT molecular complexity index is 1070. The summed E-state index contributed by atoms with van der Waals surface area (Å²) in [7, 11) is -3.67. The van der Waals surface area contributed by atoms with Crippen molar-refractivity contribution in [1.29, 1.82) is 0 Å². The summed E-state index contributed by atoms with van der Waals surface area (Å²) < 4.78 is 37.7. The van der Waals surface area contributed by atoms with E-state index in [1.165, 1.54) is 17.3 Å². The van der Waals surface area contributed by atoms with E-state index in [-0.39, 0.29) is 22.3 Å². The highest BCUT2D eigenvalue weighted by atomic mass is 32.2. The molecule has 0 unspecified atom stereocenters. The Morgan fingerprint density at radius 2 is 1.68 bits per heavy atom. The van der Waals surface area contributed by atoms with Crippen LogP contribution in [0.4, 0.5) is 11.4 Å². The van der Waals surface area contributed by atoms with E-state index >= 15 is 0 Å². The number of carbonyl (C=O) groups is 2. The van der Waals surface area contributed by atoms with E-state index in [1.807, 2.05) is 0 Å². The molecule has 0 radical (unpaired) electrons. The molecular formula is C21H25N3O6S. The number of nitrogens with zero attached hydrogens (tertiary/aromatic N) is 1. The first kappa shape index (κ1) is 21.5. The number of sulfonamides is 1. The minimum atomic E-state index is -3.67. The van der Waals surface area contributed by atoms with Crippen LogP contribution >= 0.6 is 0 Å². The van der Waals surface area contributed by atoms with Crippen molar-refractivity contribution in [2.75, 3.05) is 30.3 Å². The van der Waals surface area contributed by atoms with Gasteiger partial charge in [-0.25, -0.2) is 8.42 Å². The van der Waals surface area contributed by atoms with Gasteiger partial charge in [0.25, 0.3) is 11.8 Å². The second-order valence-electron chi connectivity index (χ2n) is 7.66. The molecule has 2 amide bonds. The van der Waals surface area contributed by atoms with Crippen LogP contribution < -0.4 is 10.6 Å². The average Bonchev–Trinajstić information content (AvgIpc) is 3.51. The lowest BCUT2D eigenvalue weighted by Crippen LogP contribution is -2.28. The van der Waals surface area contributed by atoms with Crippen LogP contribution in [0.1, 0.15) is 42.0 Å². The van der Waals surface area contributed by atoms with Crippen LogP contribution in [0.25, 0.3) is 0 Å². The Kier molecular flexibility index (Phi) is 6.12. The molecule has 166 valence electrons. The molecule has 0 aliphatic carbocycles. The molecule has 3 heterocycles. The number of benzene rings is 1. The second-order valence-corrected chi connectivity index (χ2v) is 9.57. The van der Waals surface area contributed by atoms with Crippen LogP contribution in [-0.2, 0) is 19.6 Å². The number of aryl methyl sites for hydroxylation is 1. The van der Waals surface area contributed by atoms with E-state index in [4.69, 9.17) is 9.15 Å². The third-order valence-corrected chi connectivity index (χ3v) is 7.42. The molecule has 2 aliphatic rings. The smallest absolute Gasteiger partial charge is 0.291 e. The molecule has 2 aromatic rings. The summed E-state index contributed by atoms with van der Waals surface area (Å²) >= 11 is 0. The summed E-state index contributed by atoms with van der Waals surface area (Å²) in [6.07, 6.45) is 2.81. The summed E-state index contributed by atoms with van der Waals surface area (Å²) in [5.74, 6) is -0.635. The van der Waals surface area contributed by atoms with Crippen molar-refractivity contribution in [3.05, 3.63) is 41.9 Å². The van der Waals surface area contributed by atoms with Crippen molar-refractivity contribution < 1.29 is 27.2 Å². The minimum Gasteiger partial charge on any atom is -0.455 e. The molecule has 2 saturated heterocycles. The molecule has 1 atom stereocenters. The Morgan fingerprint density at radius 1 is 1.03 bits per heavy atom. The van der Waals surface area contributed by atoms with E-state index in [9.17, 15) is 18.0 Å². The highest BCUT2D eigenvalue weighted by Gasteiger charge is 2.31. The predicted molar refractivity (Wildman–Crippen MR) is 113 cm³/mol. The second kappa shape index (κ2) is 8.81. The summed E-state index contributed by atoms with van der Waals surface area (Å²) in [6.45, 7) is 3.08. The molecule has 2 N–H and O–H groups in total. The predicted octanol–water partition coefficient (Wildman–Crippen LogP) is 2.74. The van der Waals surface area contributed by atoms with Crippen molar-refractivity contribution in [1.82, 2.24) is 4.31 Å². The van der Waals surface area contributed by atoms with E-state index in [2.05, 4.69) is 10.6 Å². The Hall–Kier alpha value is -2.69. The van der Waals surface area contributed by atoms with Gasteiger partial charge in [0.1, 0.15) is 16.8 Å². The number of amides is 2. The van der Waals surface area contributed by atoms with Crippen LogP contribution in [0.3, 0.4) is 0 Å². The lowest BCUT2D eigenvalue weighted by molar-refractivity contribution is -0.124. The van der Waals surface area contributed by atoms with Crippen LogP contribution in [0.15, 0.2) is 39.6 Å². The molecule has 2 aliphatic heterocycles. The first-order valence-electron chi connectivity index (χ1n) is 10.3. The largest absolute Gasteiger partial charge is 0.455 e. The van der Waals surface area contributed by atoms with Crippen molar-refractivity contribution >= 4 is 33.2 Å². The van der Waals surface area contributed by atoms with Crippen LogP contribution in [0.5, 0.6) is 0 Å². The monoisotopic (exact) mass is 447 g/mol. The molecule has 0 spiro atoms. The summed E-state index contributed by atoms with van der Waals surface area (Å²) in [5, 5.41) is 5.46. The van der Waals surface area contributed by atoms with Gasteiger partial charge in [-0.15, -0.1) is 0 Å². The standard InChI is InChI=1S/C21H25N3O6S/c1-14-19(31(27,28)24-10-2-3-11-24)13-18(30-14)21(26)23-16-8-6-15(7-9-16)22-20(25)17-5-4-12-29-17/h6-9,13,17H,2-5,10-12H2,1H3,(H,22,25)(H,23,26)/t17-/m0/s1.